The fourth-order valence-electron chi connectivity index (χ4n) is 3.06. The Morgan fingerprint density at radius 1 is 1.24 bits per heavy atom. The van der Waals surface area contributed by atoms with E-state index in [4.69, 9.17) is 9.47 Å². The van der Waals surface area contributed by atoms with Crippen LogP contribution in [0.2, 0.25) is 0 Å². The normalized spacial score (nSPS) is 31.4. The summed E-state index contributed by atoms with van der Waals surface area (Å²) in [5, 5.41) is 0. The van der Waals surface area contributed by atoms with Crippen molar-refractivity contribution in [2.75, 3.05) is 13.2 Å². The highest BCUT2D eigenvalue weighted by Gasteiger charge is 2.27. The van der Waals surface area contributed by atoms with Crippen LogP contribution in [0.3, 0.4) is 0 Å². The smallest absolute Gasteiger partial charge is 0.157 e. The van der Waals surface area contributed by atoms with Crippen molar-refractivity contribution in [3.05, 3.63) is 12.2 Å². The van der Waals surface area contributed by atoms with Crippen LogP contribution in [0.1, 0.15) is 46.0 Å². The van der Waals surface area contributed by atoms with Crippen LogP contribution in [0.15, 0.2) is 12.2 Å². The summed E-state index contributed by atoms with van der Waals surface area (Å²) >= 11 is 0. The quantitative estimate of drug-likeness (QED) is 0.694. The molecule has 2 nitrogen and oxygen atoms in total. The molecule has 0 N–H and O–H groups in total. The third-order valence-corrected chi connectivity index (χ3v) is 4.39. The number of hydrogen-bond donors (Lipinski definition) is 0. The number of ether oxygens (including phenoxy) is 2. The molecular weight excluding hydrogens is 212 g/mol. The van der Waals surface area contributed by atoms with Gasteiger partial charge in [0.15, 0.2) is 6.29 Å². The number of hydrogen-bond acceptors (Lipinski definition) is 2. The Bertz CT molecular complexity index is 254. The van der Waals surface area contributed by atoms with E-state index < -0.39 is 0 Å². The molecule has 1 saturated heterocycles. The van der Waals surface area contributed by atoms with Crippen LogP contribution in [0, 0.1) is 17.8 Å². The maximum absolute atomic E-state index is 5.50. The monoisotopic (exact) mass is 238 g/mol. The molecule has 1 aliphatic heterocycles. The van der Waals surface area contributed by atoms with Crippen molar-refractivity contribution in [1.29, 1.82) is 0 Å². The predicted octanol–water partition coefficient (Wildman–Crippen LogP) is 3.77. The van der Waals surface area contributed by atoms with E-state index in [1.807, 2.05) is 0 Å². The maximum atomic E-state index is 5.50. The van der Waals surface area contributed by atoms with Gasteiger partial charge in [-0.15, -0.1) is 0 Å². The second-order valence-corrected chi connectivity index (χ2v) is 5.88. The lowest BCUT2D eigenvalue weighted by Crippen LogP contribution is -2.22. The molecule has 0 amide bonds. The van der Waals surface area contributed by atoms with Gasteiger partial charge in [0.1, 0.15) is 0 Å². The molecule has 0 spiro atoms. The van der Waals surface area contributed by atoms with Gasteiger partial charge in [-0.05, 0) is 49.9 Å². The fraction of sp³-hybridized carbons (Fsp3) is 0.867. The van der Waals surface area contributed by atoms with Crippen LogP contribution >= 0.6 is 0 Å². The minimum absolute atomic E-state index is 0.0576. The van der Waals surface area contributed by atoms with Crippen LogP contribution in [0.25, 0.3) is 0 Å². The summed E-state index contributed by atoms with van der Waals surface area (Å²) < 4.78 is 11.0. The van der Waals surface area contributed by atoms with E-state index in [0.717, 1.165) is 31.5 Å². The molecule has 2 fully saturated rings. The molecular formula is C15H26O2. The van der Waals surface area contributed by atoms with Gasteiger partial charge < -0.3 is 9.47 Å². The zero-order chi connectivity index (χ0) is 12.3. The van der Waals surface area contributed by atoms with Gasteiger partial charge in [-0.3, -0.25) is 0 Å². The van der Waals surface area contributed by atoms with Crippen LogP contribution < -0.4 is 0 Å². The summed E-state index contributed by atoms with van der Waals surface area (Å²) in [6, 6.07) is 0. The highest BCUT2D eigenvalue weighted by atomic mass is 16.7. The van der Waals surface area contributed by atoms with Gasteiger partial charge in [-0.2, -0.15) is 0 Å². The van der Waals surface area contributed by atoms with Crippen molar-refractivity contribution in [2.45, 2.75) is 52.2 Å². The zero-order valence-corrected chi connectivity index (χ0v) is 11.3. The lowest BCUT2D eigenvalue weighted by Gasteiger charge is -2.33. The van der Waals surface area contributed by atoms with E-state index in [1.165, 1.54) is 31.3 Å². The molecule has 0 radical (unpaired) electrons. The lowest BCUT2D eigenvalue weighted by molar-refractivity contribution is -0.0503. The van der Waals surface area contributed by atoms with Gasteiger partial charge >= 0.3 is 0 Å². The highest BCUT2D eigenvalue weighted by molar-refractivity contribution is 5.05. The van der Waals surface area contributed by atoms with Gasteiger partial charge in [-0.1, -0.05) is 26.0 Å². The van der Waals surface area contributed by atoms with E-state index in [9.17, 15) is 0 Å². The van der Waals surface area contributed by atoms with E-state index in [0.29, 0.717) is 5.92 Å². The van der Waals surface area contributed by atoms with Gasteiger partial charge in [0, 0.05) is 0 Å². The van der Waals surface area contributed by atoms with Gasteiger partial charge in [0.25, 0.3) is 0 Å². The Balaban J connectivity index is 1.78. The Hall–Kier alpha value is -0.340. The second kappa shape index (κ2) is 6.01. The largest absolute Gasteiger partial charge is 0.350 e. The molecule has 0 aromatic carbocycles. The molecule has 1 heterocycles. The summed E-state index contributed by atoms with van der Waals surface area (Å²) in [4.78, 5) is 0. The Morgan fingerprint density at radius 3 is 2.59 bits per heavy atom. The molecule has 98 valence electrons. The molecule has 0 bridgehead atoms. The predicted molar refractivity (Wildman–Crippen MR) is 69.7 cm³/mol. The van der Waals surface area contributed by atoms with E-state index >= 15 is 0 Å². The first-order chi connectivity index (χ1) is 8.16. The van der Waals surface area contributed by atoms with Crippen molar-refractivity contribution in [2.24, 2.45) is 17.8 Å². The molecule has 17 heavy (non-hydrogen) atoms. The minimum atomic E-state index is 0.0576. The Kier molecular flexibility index (Phi) is 4.63. The van der Waals surface area contributed by atoms with Gasteiger partial charge in [0.2, 0.25) is 0 Å². The molecule has 2 aliphatic rings. The topological polar surface area (TPSA) is 18.5 Å². The first kappa shape index (κ1) is 13.1. The van der Waals surface area contributed by atoms with E-state index in [1.54, 1.807) is 0 Å². The zero-order valence-electron chi connectivity index (χ0n) is 11.3. The van der Waals surface area contributed by atoms with E-state index in [-0.39, 0.29) is 6.29 Å². The Morgan fingerprint density at radius 2 is 1.94 bits per heavy atom. The van der Waals surface area contributed by atoms with Crippen molar-refractivity contribution in [3.8, 4) is 0 Å². The van der Waals surface area contributed by atoms with Crippen molar-refractivity contribution in [1.82, 2.24) is 0 Å². The molecule has 0 aromatic rings. The van der Waals surface area contributed by atoms with Gasteiger partial charge in [-0.25, -0.2) is 0 Å². The van der Waals surface area contributed by atoms with Crippen LogP contribution in [0.5, 0.6) is 0 Å². The third-order valence-electron chi connectivity index (χ3n) is 4.39. The standard InChI is InChI=1S/C15H26O2/c1-11(2)13-5-4-12(3)14(10-13)6-7-15-16-8-9-17-15/h11,13-15H,3-10H2,1-2H3. The number of rotatable bonds is 4. The maximum Gasteiger partial charge on any atom is 0.157 e. The van der Waals surface area contributed by atoms with Crippen molar-refractivity contribution < 1.29 is 9.47 Å². The molecule has 2 atom stereocenters. The molecule has 1 aliphatic carbocycles. The Labute approximate surface area is 105 Å². The summed E-state index contributed by atoms with van der Waals surface area (Å²) in [5.74, 6) is 2.39. The molecule has 0 aromatic heterocycles. The average molecular weight is 238 g/mol. The van der Waals surface area contributed by atoms with Crippen LogP contribution in [-0.4, -0.2) is 19.5 Å². The average Bonchev–Trinajstić information content (AvgIpc) is 2.80. The van der Waals surface area contributed by atoms with Gasteiger partial charge in [0.05, 0.1) is 13.2 Å². The summed E-state index contributed by atoms with van der Waals surface area (Å²) in [5.41, 5.74) is 1.46. The summed E-state index contributed by atoms with van der Waals surface area (Å²) in [6.07, 6.45) is 6.16. The summed E-state index contributed by atoms with van der Waals surface area (Å²) in [7, 11) is 0. The lowest BCUT2D eigenvalue weighted by atomic mass is 9.72. The minimum Gasteiger partial charge on any atom is -0.350 e. The first-order valence-electron chi connectivity index (χ1n) is 7.07. The third kappa shape index (κ3) is 3.56. The molecule has 1 saturated carbocycles. The SMILES string of the molecule is C=C1CCC(C(C)C)CC1CCC1OCCO1. The summed E-state index contributed by atoms with van der Waals surface area (Å²) in [6.45, 7) is 10.5. The first-order valence-corrected chi connectivity index (χ1v) is 7.07. The van der Waals surface area contributed by atoms with Crippen LogP contribution in [0.4, 0.5) is 0 Å². The van der Waals surface area contributed by atoms with Crippen molar-refractivity contribution >= 4 is 0 Å². The number of allylic oxidation sites excluding steroid dienone is 1. The molecule has 2 heteroatoms. The van der Waals surface area contributed by atoms with E-state index in [2.05, 4.69) is 20.4 Å². The highest BCUT2D eigenvalue weighted by Crippen LogP contribution is 2.38. The van der Waals surface area contributed by atoms with Crippen molar-refractivity contribution in [3.63, 3.8) is 0 Å². The fourth-order valence-corrected chi connectivity index (χ4v) is 3.06. The van der Waals surface area contributed by atoms with Crippen LogP contribution in [-0.2, 0) is 9.47 Å². The molecule has 2 rings (SSSR count). The second-order valence-electron chi connectivity index (χ2n) is 5.88. The molecule has 2 unspecified atom stereocenters.